The molecule has 32 heavy (non-hydrogen) atoms. The Morgan fingerprint density at radius 3 is 2.69 bits per heavy atom. The van der Waals surface area contributed by atoms with Crippen LogP contribution in [0.15, 0.2) is 35.6 Å². The summed E-state index contributed by atoms with van der Waals surface area (Å²) in [5.41, 5.74) is 3.43. The van der Waals surface area contributed by atoms with E-state index in [9.17, 15) is 13.5 Å². The molecule has 172 valence electrons. The van der Waals surface area contributed by atoms with Crippen molar-refractivity contribution in [3.63, 3.8) is 0 Å². The molecule has 1 aliphatic rings. The molecule has 4 rings (SSSR count). The van der Waals surface area contributed by atoms with Crippen LogP contribution in [0.2, 0.25) is 0 Å². The van der Waals surface area contributed by atoms with Crippen LogP contribution < -0.4 is 5.32 Å². The Labute approximate surface area is 187 Å². The smallest absolute Gasteiger partial charge is 0.241 e. The van der Waals surface area contributed by atoms with E-state index in [1.807, 2.05) is 11.4 Å². The topological polar surface area (TPSA) is 119 Å². The quantitative estimate of drug-likeness (QED) is 0.554. The van der Waals surface area contributed by atoms with Gasteiger partial charge in [-0.2, -0.15) is 0 Å². The Morgan fingerprint density at radius 1 is 1.25 bits per heavy atom. The molecule has 0 radical (unpaired) electrons. The number of aliphatic hydroxyl groups is 1. The molecule has 1 atom stereocenters. The first-order valence-electron chi connectivity index (χ1n) is 10.7. The van der Waals surface area contributed by atoms with Crippen LogP contribution in [-0.2, 0) is 14.6 Å². The minimum atomic E-state index is -3.43. The van der Waals surface area contributed by atoms with Gasteiger partial charge in [0.25, 0.3) is 0 Å². The van der Waals surface area contributed by atoms with Gasteiger partial charge in [-0.25, -0.2) is 22.9 Å². The maximum absolute atomic E-state index is 12.0. The summed E-state index contributed by atoms with van der Waals surface area (Å²) in [5.74, 6) is 0.739. The van der Waals surface area contributed by atoms with Crippen molar-refractivity contribution in [1.82, 2.24) is 19.6 Å². The predicted molar refractivity (Wildman–Crippen MR) is 122 cm³/mol. The number of nitrogens with zero attached hydrogens (tertiary/aromatic N) is 4. The van der Waals surface area contributed by atoms with Gasteiger partial charge in [-0.05, 0) is 56.4 Å². The lowest BCUT2D eigenvalue weighted by Crippen LogP contribution is -2.23. The van der Waals surface area contributed by atoms with E-state index >= 15 is 0 Å². The van der Waals surface area contributed by atoms with Crippen molar-refractivity contribution in [3.05, 3.63) is 36.3 Å². The lowest BCUT2D eigenvalue weighted by molar-refractivity contribution is 0.121. The van der Waals surface area contributed by atoms with Gasteiger partial charge in [0.15, 0.2) is 14.9 Å². The Balaban J connectivity index is 1.81. The second kappa shape index (κ2) is 9.13. The summed E-state index contributed by atoms with van der Waals surface area (Å²) in [6, 6.07) is 5.49. The molecule has 10 heteroatoms. The number of aromatic nitrogens is 4. The third-order valence-corrected chi connectivity index (χ3v) is 6.86. The van der Waals surface area contributed by atoms with Crippen molar-refractivity contribution >= 4 is 21.3 Å². The largest absolute Gasteiger partial charge is 0.393 e. The van der Waals surface area contributed by atoms with Gasteiger partial charge in [-0.1, -0.05) is 0 Å². The van der Waals surface area contributed by atoms with Gasteiger partial charge in [0.1, 0.15) is 0 Å². The summed E-state index contributed by atoms with van der Waals surface area (Å²) in [6.07, 6.45) is 7.40. The van der Waals surface area contributed by atoms with Crippen molar-refractivity contribution < 1.29 is 18.3 Å². The molecule has 0 unspecified atom stereocenters. The van der Waals surface area contributed by atoms with Crippen LogP contribution in [0, 0.1) is 0 Å². The number of aliphatic hydroxyl groups excluding tert-OH is 1. The fourth-order valence-corrected chi connectivity index (χ4v) is 4.86. The van der Waals surface area contributed by atoms with Crippen LogP contribution in [-0.4, -0.2) is 65.2 Å². The van der Waals surface area contributed by atoms with E-state index in [1.54, 1.807) is 25.4 Å². The van der Waals surface area contributed by atoms with Crippen LogP contribution in [0.1, 0.15) is 44.2 Å². The van der Waals surface area contributed by atoms with Crippen LogP contribution in [0.3, 0.4) is 0 Å². The van der Waals surface area contributed by atoms with E-state index in [0.29, 0.717) is 12.6 Å². The lowest BCUT2D eigenvalue weighted by atomic mass is 9.85. The highest BCUT2D eigenvalue weighted by molar-refractivity contribution is 7.90. The first kappa shape index (κ1) is 22.6. The number of methoxy groups -OCH3 is 1. The number of sulfone groups is 1. The molecule has 0 spiro atoms. The van der Waals surface area contributed by atoms with Crippen molar-refractivity contribution in [2.75, 3.05) is 25.3 Å². The zero-order valence-corrected chi connectivity index (χ0v) is 19.3. The minimum absolute atomic E-state index is 0.0317. The molecule has 0 bridgehead atoms. The Hall–Kier alpha value is -2.56. The van der Waals surface area contributed by atoms with Gasteiger partial charge < -0.3 is 15.2 Å². The second-order valence-electron chi connectivity index (χ2n) is 8.52. The molecule has 3 aromatic rings. The molecule has 1 saturated carbocycles. The molecular formula is C22H29N5O4S. The lowest BCUT2D eigenvalue weighted by Gasteiger charge is -2.25. The second-order valence-corrected chi connectivity index (χ2v) is 10.5. The molecule has 3 aromatic heterocycles. The van der Waals surface area contributed by atoms with Crippen LogP contribution in [0.5, 0.6) is 0 Å². The molecule has 0 saturated heterocycles. The van der Waals surface area contributed by atoms with Crippen LogP contribution >= 0.6 is 0 Å². The summed E-state index contributed by atoms with van der Waals surface area (Å²) in [7, 11) is -1.78. The van der Waals surface area contributed by atoms with Gasteiger partial charge in [-0.15, -0.1) is 5.10 Å². The normalized spacial score (nSPS) is 20.4. The summed E-state index contributed by atoms with van der Waals surface area (Å²) in [4.78, 5) is 8.49. The van der Waals surface area contributed by atoms with Gasteiger partial charge in [0.05, 0.1) is 24.4 Å². The minimum Gasteiger partial charge on any atom is -0.393 e. The molecule has 0 amide bonds. The number of hydrogen-bond acceptors (Lipinski definition) is 8. The Kier molecular flexibility index (Phi) is 6.45. The Bertz CT molecular complexity index is 1200. The summed E-state index contributed by atoms with van der Waals surface area (Å²) < 4.78 is 31.1. The third kappa shape index (κ3) is 4.77. The van der Waals surface area contributed by atoms with E-state index in [1.165, 1.54) is 6.20 Å². The molecule has 0 aromatic carbocycles. The van der Waals surface area contributed by atoms with E-state index in [-0.39, 0.29) is 23.1 Å². The zero-order chi connectivity index (χ0) is 22.9. The fraction of sp³-hybridized carbons (Fsp3) is 0.500. The number of fused-ring (bicyclic) bond motifs is 1. The maximum Gasteiger partial charge on any atom is 0.241 e. The summed E-state index contributed by atoms with van der Waals surface area (Å²) in [6.45, 7) is 2.52. The number of ether oxygens (including phenoxy) is 1. The average molecular weight is 460 g/mol. The zero-order valence-electron chi connectivity index (χ0n) is 18.5. The monoisotopic (exact) mass is 459 g/mol. The highest BCUT2D eigenvalue weighted by Gasteiger charge is 2.26. The van der Waals surface area contributed by atoms with Crippen molar-refractivity contribution in [2.24, 2.45) is 0 Å². The Morgan fingerprint density at radius 2 is 2.00 bits per heavy atom. The van der Waals surface area contributed by atoms with E-state index in [4.69, 9.17) is 9.84 Å². The first-order chi connectivity index (χ1) is 15.3. The molecule has 1 fully saturated rings. The molecule has 9 nitrogen and oxygen atoms in total. The van der Waals surface area contributed by atoms with Gasteiger partial charge in [-0.3, -0.25) is 0 Å². The molecule has 1 aliphatic carbocycles. The van der Waals surface area contributed by atoms with Crippen molar-refractivity contribution in [3.8, 4) is 11.1 Å². The van der Waals surface area contributed by atoms with Crippen LogP contribution in [0.25, 0.3) is 16.6 Å². The van der Waals surface area contributed by atoms with Crippen molar-refractivity contribution in [1.29, 1.82) is 0 Å². The van der Waals surface area contributed by atoms with Gasteiger partial charge in [0.2, 0.25) is 5.95 Å². The van der Waals surface area contributed by atoms with E-state index < -0.39 is 9.84 Å². The SMILES string of the molecule is COC[C@H](C)Nc1ncc2c(-c3ccnc(S(C)(=O)=O)c3)cc(C3CCC(O)CC3)n2n1. The maximum atomic E-state index is 12.0. The first-order valence-corrected chi connectivity index (χ1v) is 12.6. The van der Waals surface area contributed by atoms with E-state index in [2.05, 4.69) is 21.4 Å². The van der Waals surface area contributed by atoms with E-state index in [0.717, 1.165) is 54.3 Å². The molecule has 3 heterocycles. The van der Waals surface area contributed by atoms with Crippen LogP contribution in [0.4, 0.5) is 5.95 Å². The summed E-state index contributed by atoms with van der Waals surface area (Å²) >= 11 is 0. The number of nitrogens with one attached hydrogen (secondary N) is 1. The summed E-state index contributed by atoms with van der Waals surface area (Å²) in [5, 5.41) is 18.0. The fourth-order valence-electron chi connectivity index (χ4n) is 4.27. The number of hydrogen-bond donors (Lipinski definition) is 2. The van der Waals surface area contributed by atoms with Crippen molar-refractivity contribution in [2.45, 2.75) is 55.7 Å². The van der Waals surface area contributed by atoms with Gasteiger partial charge in [0, 0.05) is 42.8 Å². The highest BCUT2D eigenvalue weighted by Crippen LogP contribution is 2.37. The average Bonchev–Trinajstić information content (AvgIpc) is 3.13. The third-order valence-electron chi connectivity index (χ3n) is 5.88. The number of anilines is 1. The number of pyridine rings is 1. The highest BCUT2D eigenvalue weighted by atomic mass is 32.2. The predicted octanol–water partition coefficient (Wildman–Crippen LogP) is 2.66. The molecule has 0 aliphatic heterocycles. The number of rotatable bonds is 7. The molecular weight excluding hydrogens is 430 g/mol. The van der Waals surface area contributed by atoms with Gasteiger partial charge >= 0.3 is 0 Å². The standard InChI is InChI=1S/C22H29N5O4S/c1-14(13-31-2)25-22-24-12-20-18(16-8-9-23-21(10-16)32(3,29)30)11-19(27(20)26-22)15-4-6-17(28)7-5-15/h8-12,14-15,17,28H,4-7,13H2,1-3H3,(H,25,26)/t14-,15?,17?/m0/s1. The molecule has 2 N–H and O–H groups in total.